The molecule has 1 fully saturated rings. The van der Waals surface area contributed by atoms with Crippen molar-refractivity contribution in [1.82, 2.24) is 4.31 Å². The summed E-state index contributed by atoms with van der Waals surface area (Å²) in [7, 11) is -3.11. The van der Waals surface area contributed by atoms with Gasteiger partial charge in [0.25, 0.3) is 0 Å². The van der Waals surface area contributed by atoms with Gasteiger partial charge in [0.15, 0.2) is 0 Å². The first-order chi connectivity index (χ1) is 5.56. The second-order valence-corrected chi connectivity index (χ2v) is 4.99. The van der Waals surface area contributed by atoms with Crippen LogP contribution in [0.1, 0.15) is 6.42 Å². The molecule has 0 aromatic rings. The molecular weight excluding hydrogens is 176 g/mol. The second-order valence-electron chi connectivity index (χ2n) is 2.97. The number of nitrogens with zero attached hydrogens (tertiary/aromatic N) is 1. The van der Waals surface area contributed by atoms with Gasteiger partial charge in [-0.2, -0.15) is 0 Å². The van der Waals surface area contributed by atoms with Crippen LogP contribution >= 0.6 is 0 Å². The Morgan fingerprint density at radius 2 is 2.33 bits per heavy atom. The molecule has 0 aromatic carbocycles. The van der Waals surface area contributed by atoms with E-state index in [2.05, 4.69) is 6.58 Å². The lowest BCUT2D eigenvalue weighted by atomic mass is 10.3. The Kier molecular flexibility index (Phi) is 2.87. The first-order valence-corrected chi connectivity index (χ1v) is 5.51. The fourth-order valence-corrected chi connectivity index (χ4v) is 2.57. The quantitative estimate of drug-likeness (QED) is 0.612. The highest BCUT2D eigenvalue weighted by molar-refractivity contribution is 7.89. The van der Waals surface area contributed by atoms with E-state index in [0.29, 0.717) is 13.1 Å². The van der Waals surface area contributed by atoms with Gasteiger partial charge in [-0.3, -0.25) is 0 Å². The van der Waals surface area contributed by atoms with Crippen molar-refractivity contribution >= 4 is 10.0 Å². The molecule has 5 heteroatoms. The molecule has 0 amide bonds. The van der Waals surface area contributed by atoms with E-state index in [1.807, 2.05) is 0 Å². The summed E-state index contributed by atoms with van der Waals surface area (Å²) in [5.41, 5.74) is 5.59. The third-order valence-electron chi connectivity index (χ3n) is 1.91. The molecule has 4 nitrogen and oxygen atoms in total. The minimum atomic E-state index is -3.11. The van der Waals surface area contributed by atoms with Gasteiger partial charge in [-0.25, -0.2) is 12.7 Å². The van der Waals surface area contributed by atoms with Crippen LogP contribution < -0.4 is 5.73 Å². The van der Waals surface area contributed by atoms with Crippen LogP contribution in [0.5, 0.6) is 0 Å². The molecule has 0 unspecified atom stereocenters. The molecule has 1 saturated heterocycles. The Morgan fingerprint density at radius 3 is 2.75 bits per heavy atom. The van der Waals surface area contributed by atoms with E-state index in [-0.39, 0.29) is 11.8 Å². The minimum absolute atomic E-state index is 0.00425. The fourth-order valence-electron chi connectivity index (χ4n) is 1.26. The highest BCUT2D eigenvalue weighted by Crippen LogP contribution is 2.12. The Hall–Kier alpha value is -0.390. The molecule has 0 aromatic heterocycles. The second kappa shape index (κ2) is 3.55. The van der Waals surface area contributed by atoms with Crippen LogP contribution in [-0.4, -0.2) is 37.6 Å². The maximum absolute atomic E-state index is 11.4. The molecule has 1 aliphatic rings. The Morgan fingerprint density at radius 1 is 1.67 bits per heavy atom. The predicted octanol–water partition coefficient (Wildman–Crippen LogP) is -0.465. The Labute approximate surface area is 73.1 Å². The summed E-state index contributed by atoms with van der Waals surface area (Å²) >= 11 is 0. The van der Waals surface area contributed by atoms with Gasteiger partial charge in [-0.05, 0) is 6.42 Å². The molecular formula is C7H14N2O2S. The molecule has 0 spiro atoms. The molecule has 1 atom stereocenters. The van der Waals surface area contributed by atoms with E-state index in [9.17, 15) is 8.42 Å². The molecule has 0 radical (unpaired) electrons. The van der Waals surface area contributed by atoms with E-state index in [1.165, 1.54) is 10.4 Å². The summed E-state index contributed by atoms with van der Waals surface area (Å²) in [6.07, 6.45) is 2.16. The van der Waals surface area contributed by atoms with Crippen LogP contribution in [0.15, 0.2) is 12.7 Å². The zero-order chi connectivity index (χ0) is 9.19. The van der Waals surface area contributed by atoms with Crippen molar-refractivity contribution in [2.75, 3.05) is 18.8 Å². The summed E-state index contributed by atoms with van der Waals surface area (Å²) in [6.45, 7) is 4.41. The summed E-state index contributed by atoms with van der Waals surface area (Å²) in [6, 6.07) is 0.00425. The van der Waals surface area contributed by atoms with Crippen molar-refractivity contribution in [3.8, 4) is 0 Å². The number of nitrogens with two attached hydrogens (primary N) is 1. The lowest BCUT2D eigenvalue weighted by molar-refractivity contribution is 0.475. The van der Waals surface area contributed by atoms with Crippen LogP contribution in [0.25, 0.3) is 0 Å². The van der Waals surface area contributed by atoms with Crippen LogP contribution in [0, 0.1) is 0 Å². The molecule has 0 bridgehead atoms. The average molecular weight is 190 g/mol. The summed E-state index contributed by atoms with van der Waals surface area (Å²) in [5, 5.41) is 0. The van der Waals surface area contributed by atoms with Gasteiger partial charge in [0.2, 0.25) is 10.0 Å². The van der Waals surface area contributed by atoms with Gasteiger partial charge in [0, 0.05) is 19.1 Å². The van der Waals surface area contributed by atoms with Crippen LogP contribution in [0.3, 0.4) is 0 Å². The molecule has 1 rings (SSSR count). The maximum Gasteiger partial charge on any atom is 0.217 e. The normalized spacial score (nSPS) is 25.9. The van der Waals surface area contributed by atoms with E-state index < -0.39 is 10.0 Å². The maximum atomic E-state index is 11.4. The first kappa shape index (κ1) is 9.70. The van der Waals surface area contributed by atoms with Gasteiger partial charge >= 0.3 is 0 Å². The van der Waals surface area contributed by atoms with Crippen molar-refractivity contribution in [3.05, 3.63) is 12.7 Å². The Balaban J connectivity index is 2.64. The zero-order valence-corrected chi connectivity index (χ0v) is 7.76. The molecule has 1 heterocycles. The lowest BCUT2D eigenvalue weighted by Gasteiger charge is -2.13. The van der Waals surface area contributed by atoms with Crippen molar-refractivity contribution in [3.63, 3.8) is 0 Å². The van der Waals surface area contributed by atoms with Crippen molar-refractivity contribution < 1.29 is 8.42 Å². The van der Waals surface area contributed by atoms with Gasteiger partial charge in [0.05, 0.1) is 5.75 Å². The largest absolute Gasteiger partial charge is 0.326 e. The Bertz CT molecular complexity index is 261. The summed E-state index contributed by atoms with van der Waals surface area (Å²) < 4.78 is 24.2. The smallest absolute Gasteiger partial charge is 0.217 e. The van der Waals surface area contributed by atoms with Crippen molar-refractivity contribution in [2.45, 2.75) is 12.5 Å². The predicted molar refractivity (Wildman–Crippen MR) is 48.1 cm³/mol. The van der Waals surface area contributed by atoms with E-state index in [4.69, 9.17) is 5.73 Å². The number of hydrogen-bond donors (Lipinski definition) is 1. The zero-order valence-electron chi connectivity index (χ0n) is 6.94. The summed E-state index contributed by atoms with van der Waals surface area (Å²) in [5.74, 6) is 0.0136. The van der Waals surface area contributed by atoms with Crippen LogP contribution in [0.2, 0.25) is 0 Å². The van der Waals surface area contributed by atoms with Gasteiger partial charge in [-0.1, -0.05) is 6.08 Å². The topological polar surface area (TPSA) is 63.4 Å². The fraction of sp³-hybridized carbons (Fsp3) is 0.714. The number of sulfonamides is 1. The van der Waals surface area contributed by atoms with Gasteiger partial charge < -0.3 is 5.73 Å². The molecule has 2 N–H and O–H groups in total. The third kappa shape index (κ3) is 2.06. The molecule has 1 aliphatic heterocycles. The van der Waals surface area contributed by atoms with Crippen LogP contribution in [0.4, 0.5) is 0 Å². The van der Waals surface area contributed by atoms with E-state index in [0.717, 1.165) is 6.42 Å². The van der Waals surface area contributed by atoms with E-state index >= 15 is 0 Å². The number of hydrogen-bond acceptors (Lipinski definition) is 3. The van der Waals surface area contributed by atoms with E-state index in [1.54, 1.807) is 0 Å². The molecule has 70 valence electrons. The molecule has 12 heavy (non-hydrogen) atoms. The molecule has 0 saturated carbocycles. The monoisotopic (exact) mass is 190 g/mol. The highest BCUT2D eigenvalue weighted by atomic mass is 32.2. The number of rotatable bonds is 3. The summed E-state index contributed by atoms with van der Waals surface area (Å²) in [4.78, 5) is 0. The van der Waals surface area contributed by atoms with Crippen LogP contribution in [-0.2, 0) is 10.0 Å². The van der Waals surface area contributed by atoms with Crippen molar-refractivity contribution in [1.29, 1.82) is 0 Å². The lowest BCUT2D eigenvalue weighted by Crippen LogP contribution is -2.33. The van der Waals surface area contributed by atoms with Gasteiger partial charge in [-0.15, -0.1) is 6.58 Å². The third-order valence-corrected chi connectivity index (χ3v) is 3.68. The minimum Gasteiger partial charge on any atom is -0.326 e. The molecule has 0 aliphatic carbocycles. The van der Waals surface area contributed by atoms with Crippen molar-refractivity contribution in [2.24, 2.45) is 5.73 Å². The highest BCUT2D eigenvalue weighted by Gasteiger charge is 2.28. The first-order valence-electron chi connectivity index (χ1n) is 3.90. The standard InChI is InChI=1S/C7H14N2O2S/c1-2-5-12(10,11)9-4-3-7(8)6-9/h2,7H,1,3-6,8H2/t7-/m0/s1. The van der Waals surface area contributed by atoms with Gasteiger partial charge in [0.1, 0.15) is 0 Å². The SMILES string of the molecule is C=CCS(=O)(=O)N1CC[C@H](N)C1. The average Bonchev–Trinajstić information content (AvgIpc) is 2.36.